The molecule has 12 heavy (non-hydrogen) atoms. The van der Waals surface area contributed by atoms with E-state index in [4.69, 9.17) is 10.2 Å². The molecule has 0 aliphatic heterocycles. The molecule has 0 aromatic heterocycles. The molecule has 1 rings (SSSR count). The van der Waals surface area contributed by atoms with E-state index in [1.807, 2.05) is 0 Å². The van der Waals surface area contributed by atoms with Gasteiger partial charge in [0.05, 0.1) is 0 Å². The van der Waals surface area contributed by atoms with E-state index in [-0.39, 0.29) is 11.5 Å². The van der Waals surface area contributed by atoms with Crippen LogP contribution in [0, 0.1) is 0 Å². The monoisotopic (exact) mass is 164 g/mol. The first-order valence-corrected chi connectivity index (χ1v) is 3.42. The van der Waals surface area contributed by atoms with Gasteiger partial charge in [0.2, 0.25) is 0 Å². The Labute approximate surface area is 72.1 Å². The van der Waals surface area contributed by atoms with Crippen molar-refractivity contribution in [1.82, 2.24) is 0 Å². The average molecular weight is 164 g/mol. The van der Waals surface area contributed by atoms with Crippen LogP contribution in [-0.2, 0) is 0 Å². The molecule has 0 fully saturated rings. The molecule has 0 radical (unpaired) electrons. The van der Waals surface area contributed by atoms with Gasteiger partial charge >= 0.3 is 0 Å². The molecule has 2 heteroatoms. The van der Waals surface area contributed by atoms with Gasteiger partial charge in [0, 0.05) is 6.07 Å². The van der Waals surface area contributed by atoms with Crippen LogP contribution in [0.15, 0.2) is 49.6 Å². The molecular weight excluding hydrogens is 152 g/mol. The van der Waals surface area contributed by atoms with E-state index in [0.717, 1.165) is 0 Å². The minimum absolute atomic E-state index is 0.0880. The van der Waals surface area contributed by atoms with Crippen LogP contribution in [0.25, 0.3) is 0 Å². The Morgan fingerprint density at radius 2 is 1.42 bits per heavy atom. The minimum Gasteiger partial charge on any atom is -0.508 e. The van der Waals surface area contributed by atoms with Crippen LogP contribution < -0.4 is 0 Å². The fourth-order valence-corrected chi connectivity index (χ4v) is 0.493. The summed E-state index contributed by atoms with van der Waals surface area (Å²) in [5.74, 6) is 0.176. The van der Waals surface area contributed by atoms with E-state index in [1.165, 1.54) is 18.2 Å². The summed E-state index contributed by atoms with van der Waals surface area (Å²) >= 11 is 0. The Hall–Kier alpha value is -1.70. The molecule has 0 saturated heterocycles. The van der Waals surface area contributed by atoms with Crippen LogP contribution in [-0.4, -0.2) is 10.2 Å². The summed E-state index contributed by atoms with van der Waals surface area (Å²) in [7, 11) is 0. The van der Waals surface area contributed by atoms with Crippen molar-refractivity contribution in [3.8, 4) is 11.5 Å². The molecule has 2 N–H and O–H groups in total. The van der Waals surface area contributed by atoms with E-state index < -0.39 is 0 Å². The quantitative estimate of drug-likeness (QED) is 0.626. The van der Waals surface area contributed by atoms with Crippen molar-refractivity contribution in [3.05, 3.63) is 49.6 Å². The number of phenolic OH excluding ortho intramolecular Hbond substituents is 2. The lowest BCUT2D eigenvalue weighted by Crippen LogP contribution is -1.61. The summed E-state index contributed by atoms with van der Waals surface area (Å²) in [6, 6.07) is 5.85. The molecule has 0 aliphatic rings. The maximum absolute atomic E-state index is 8.65. The van der Waals surface area contributed by atoms with Gasteiger partial charge in [0.15, 0.2) is 0 Å². The van der Waals surface area contributed by atoms with E-state index in [2.05, 4.69) is 13.2 Å². The SMILES string of the molecule is C=CC=C.Oc1cccc(O)c1. The number of phenols is 2. The van der Waals surface area contributed by atoms with Crippen LogP contribution in [0.4, 0.5) is 0 Å². The second-order valence-corrected chi connectivity index (χ2v) is 1.99. The molecule has 2 nitrogen and oxygen atoms in total. The van der Waals surface area contributed by atoms with E-state index >= 15 is 0 Å². The summed E-state index contributed by atoms with van der Waals surface area (Å²) < 4.78 is 0. The molecule has 0 amide bonds. The second-order valence-electron chi connectivity index (χ2n) is 1.99. The molecule has 0 atom stereocenters. The van der Waals surface area contributed by atoms with Crippen molar-refractivity contribution in [2.75, 3.05) is 0 Å². The van der Waals surface area contributed by atoms with Crippen molar-refractivity contribution in [2.24, 2.45) is 0 Å². The predicted octanol–water partition coefficient (Wildman–Crippen LogP) is 2.46. The van der Waals surface area contributed by atoms with Crippen LogP contribution >= 0.6 is 0 Å². The molecule has 0 saturated carbocycles. The normalized spacial score (nSPS) is 7.67. The molecule has 0 unspecified atom stereocenters. The minimum atomic E-state index is 0.0880. The van der Waals surface area contributed by atoms with Crippen molar-refractivity contribution in [2.45, 2.75) is 0 Å². The van der Waals surface area contributed by atoms with E-state index in [0.29, 0.717) is 0 Å². The predicted molar refractivity (Wildman–Crippen MR) is 50.2 cm³/mol. The first kappa shape index (κ1) is 10.3. The lowest BCUT2D eigenvalue weighted by atomic mass is 10.3. The van der Waals surface area contributed by atoms with E-state index in [1.54, 1.807) is 18.2 Å². The summed E-state index contributed by atoms with van der Waals surface area (Å²) in [6.45, 7) is 6.72. The zero-order chi connectivity index (χ0) is 9.40. The maximum Gasteiger partial charge on any atom is 0.119 e. The standard InChI is InChI=1S/C6H6O2.C4H6/c7-5-2-1-3-6(8)4-5;1-3-4-2/h1-4,7-8H;3-4H,1-2H2. The van der Waals surface area contributed by atoms with Crippen molar-refractivity contribution >= 4 is 0 Å². The van der Waals surface area contributed by atoms with Gasteiger partial charge in [-0.25, -0.2) is 0 Å². The number of hydrogen-bond acceptors (Lipinski definition) is 2. The highest BCUT2D eigenvalue weighted by Gasteiger charge is 1.85. The van der Waals surface area contributed by atoms with Crippen LogP contribution in [0.2, 0.25) is 0 Å². The molecule has 0 bridgehead atoms. The number of rotatable bonds is 1. The Balaban J connectivity index is 0.000000261. The Morgan fingerprint density at radius 3 is 1.58 bits per heavy atom. The van der Waals surface area contributed by atoms with Gasteiger partial charge in [0.1, 0.15) is 11.5 Å². The lowest BCUT2D eigenvalue weighted by molar-refractivity contribution is 0.450. The third-order valence-corrected chi connectivity index (χ3v) is 0.996. The zero-order valence-electron chi connectivity index (χ0n) is 6.77. The third kappa shape index (κ3) is 5.11. The first-order valence-electron chi connectivity index (χ1n) is 3.42. The Kier molecular flexibility index (Phi) is 5.18. The summed E-state index contributed by atoms with van der Waals surface area (Å²) in [6.07, 6.45) is 3.28. The maximum atomic E-state index is 8.65. The summed E-state index contributed by atoms with van der Waals surface area (Å²) in [4.78, 5) is 0. The largest absolute Gasteiger partial charge is 0.508 e. The smallest absolute Gasteiger partial charge is 0.119 e. The Morgan fingerprint density at radius 1 is 1.00 bits per heavy atom. The van der Waals surface area contributed by atoms with Crippen LogP contribution in [0.1, 0.15) is 0 Å². The molecule has 0 heterocycles. The van der Waals surface area contributed by atoms with Gasteiger partial charge in [-0.15, -0.1) is 0 Å². The summed E-state index contributed by atoms with van der Waals surface area (Å²) in [5, 5.41) is 17.3. The Bertz CT molecular complexity index is 231. The lowest BCUT2D eigenvalue weighted by Gasteiger charge is -1.89. The number of aromatic hydroxyl groups is 2. The van der Waals surface area contributed by atoms with Gasteiger partial charge in [-0.3, -0.25) is 0 Å². The van der Waals surface area contributed by atoms with Crippen LogP contribution in [0.5, 0.6) is 11.5 Å². The number of allylic oxidation sites excluding steroid dienone is 2. The van der Waals surface area contributed by atoms with Gasteiger partial charge in [-0.2, -0.15) is 0 Å². The van der Waals surface area contributed by atoms with Crippen LogP contribution in [0.3, 0.4) is 0 Å². The molecule has 0 spiro atoms. The highest BCUT2D eigenvalue weighted by molar-refractivity contribution is 5.30. The number of hydrogen-bond donors (Lipinski definition) is 2. The summed E-state index contributed by atoms with van der Waals surface area (Å²) in [5.41, 5.74) is 0. The second kappa shape index (κ2) is 6.04. The first-order chi connectivity index (χ1) is 5.70. The van der Waals surface area contributed by atoms with Gasteiger partial charge in [-0.05, 0) is 12.1 Å². The molecule has 1 aromatic rings. The fraction of sp³-hybridized carbons (Fsp3) is 0. The molecular formula is C10H12O2. The van der Waals surface area contributed by atoms with Gasteiger partial charge in [-0.1, -0.05) is 31.4 Å². The highest BCUT2D eigenvalue weighted by atomic mass is 16.3. The van der Waals surface area contributed by atoms with Crippen molar-refractivity contribution in [1.29, 1.82) is 0 Å². The average Bonchev–Trinajstić information content (AvgIpc) is 2.04. The zero-order valence-corrected chi connectivity index (χ0v) is 6.77. The van der Waals surface area contributed by atoms with Crippen molar-refractivity contribution in [3.63, 3.8) is 0 Å². The molecule has 1 aromatic carbocycles. The topological polar surface area (TPSA) is 40.5 Å². The highest BCUT2D eigenvalue weighted by Crippen LogP contribution is 2.14. The number of benzene rings is 1. The third-order valence-electron chi connectivity index (χ3n) is 0.996. The van der Waals surface area contributed by atoms with E-state index in [9.17, 15) is 0 Å². The van der Waals surface area contributed by atoms with Gasteiger partial charge in [0.25, 0.3) is 0 Å². The molecule has 0 aliphatic carbocycles. The van der Waals surface area contributed by atoms with Crippen molar-refractivity contribution < 1.29 is 10.2 Å². The molecule has 64 valence electrons. The van der Waals surface area contributed by atoms with Gasteiger partial charge < -0.3 is 10.2 Å². The fourth-order valence-electron chi connectivity index (χ4n) is 0.493.